The van der Waals surface area contributed by atoms with Crippen LogP contribution < -0.4 is 15.0 Å². The topological polar surface area (TPSA) is 107 Å². The molecule has 1 aliphatic rings. The van der Waals surface area contributed by atoms with Crippen molar-refractivity contribution < 1.29 is 19.2 Å². The van der Waals surface area contributed by atoms with Crippen molar-refractivity contribution in [1.82, 2.24) is 9.88 Å². The number of carbonyl (C=O) groups excluding carboxylic acids is 2. The van der Waals surface area contributed by atoms with Crippen LogP contribution in [0.15, 0.2) is 113 Å². The number of aryl methyl sites for hydroxylation is 2. The van der Waals surface area contributed by atoms with Crippen molar-refractivity contribution in [2.24, 2.45) is 7.05 Å². The third-order valence-electron chi connectivity index (χ3n) is 7.08. The molecule has 1 N–H and O–H groups in total. The number of carbonyl (C=O) groups is 2. The molecule has 1 aromatic heterocycles. The quantitative estimate of drug-likeness (QED) is 0.0676. The number of hydrogen-bond acceptors (Lipinski definition) is 7. The number of rotatable bonds is 7. The molecule has 0 radical (unpaired) electrons. The number of fused-ring (bicyclic) bond motifs is 1. The van der Waals surface area contributed by atoms with Crippen LogP contribution in [0.5, 0.6) is 11.5 Å². The fourth-order valence-corrected chi connectivity index (χ4v) is 6.15. The Balaban J connectivity index is 1.41. The third-order valence-corrected chi connectivity index (χ3v) is 8.56. The second-order valence-electron chi connectivity index (χ2n) is 10.0. The minimum atomic E-state index is -0.658. The monoisotopic (exact) mass is 620 g/mol. The van der Waals surface area contributed by atoms with Crippen LogP contribution in [0, 0.1) is 17.0 Å². The maximum atomic E-state index is 13.9. The first-order valence-electron chi connectivity index (χ1n) is 13.5. The summed E-state index contributed by atoms with van der Waals surface area (Å²) in [4.78, 5) is 40.5. The average molecular weight is 621 g/mol. The number of nitro groups is 1. The number of nitro benzene ring substituents is 1. The van der Waals surface area contributed by atoms with Crippen molar-refractivity contribution >= 4 is 69.3 Å². The van der Waals surface area contributed by atoms with Gasteiger partial charge in [0.25, 0.3) is 17.5 Å². The molecule has 44 heavy (non-hydrogen) atoms. The zero-order valence-electron chi connectivity index (χ0n) is 23.5. The number of para-hydroxylation sites is 1. The molecule has 0 unspecified atom stereocenters. The number of hydrogen-bond donors (Lipinski definition) is 1. The Labute approximate surface area is 261 Å². The van der Waals surface area contributed by atoms with Gasteiger partial charge in [-0.05, 0) is 79.8 Å². The lowest BCUT2D eigenvalue weighted by Gasteiger charge is -2.29. The highest BCUT2D eigenvalue weighted by Crippen LogP contribution is 2.40. The number of non-ortho nitro benzene ring substituents is 1. The molecule has 1 fully saturated rings. The lowest BCUT2D eigenvalue weighted by atomic mass is 10.1. The van der Waals surface area contributed by atoms with Crippen molar-refractivity contribution in [1.29, 1.82) is 0 Å². The lowest BCUT2D eigenvalue weighted by molar-refractivity contribution is -0.384. The number of ether oxygens (including phenoxy) is 1. The minimum absolute atomic E-state index is 0.0586. The lowest BCUT2D eigenvalue weighted by Crippen LogP contribution is -2.54. The molecule has 0 atom stereocenters. The summed E-state index contributed by atoms with van der Waals surface area (Å²) in [5.41, 5.74) is 2.50. The summed E-state index contributed by atoms with van der Waals surface area (Å²) in [6.45, 7) is 1.99. The molecule has 6 rings (SSSR count). The van der Waals surface area contributed by atoms with E-state index in [4.69, 9.17) is 17.0 Å². The molecular formula is C33H24N4O5S2. The molecule has 11 heteroatoms. The van der Waals surface area contributed by atoms with Crippen molar-refractivity contribution in [2.75, 3.05) is 4.90 Å². The van der Waals surface area contributed by atoms with Crippen LogP contribution in [0.4, 0.5) is 11.4 Å². The second kappa shape index (κ2) is 11.8. The standard InChI is InChI=1S/C33H24N4O5S2/c1-20-8-15-25(16-9-20)44-32-27(26-18-22(37(40)41)12-17-29(26)35(32)2)19-28-30(38)34-33(43)36(31(28)39)21-10-13-24(14-11-21)42-23-6-4-3-5-7-23/h3-19H,1-2H3,(H,34,38,43). The third kappa shape index (κ3) is 5.58. The van der Waals surface area contributed by atoms with E-state index in [1.165, 1.54) is 34.9 Å². The van der Waals surface area contributed by atoms with E-state index in [1.807, 2.05) is 73.1 Å². The largest absolute Gasteiger partial charge is 0.457 e. The van der Waals surface area contributed by atoms with Gasteiger partial charge in [0.15, 0.2) is 5.11 Å². The van der Waals surface area contributed by atoms with Gasteiger partial charge in [0.05, 0.1) is 15.6 Å². The summed E-state index contributed by atoms with van der Waals surface area (Å²) < 4.78 is 7.76. The number of aromatic nitrogens is 1. The molecule has 0 saturated carbocycles. The van der Waals surface area contributed by atoms with E-state index in [0.717, 1.165) is 10.5 Å². The average Bonchev–Trinajstić information content (AvgIpc) is 3.27. The van der Waals surface area contributed by atoms with Gasteiger partial charge in [-0.3, -0.25) is 29.9 Å². The van der Waals surface area contributed by atoms with Gasteiger partial charge in [-0.2, -0.15) is 0 Å². The number of nitrogens with zero attached hydrogens (tertiary/aromatic N) is 3. The molecular weight excluding hydrogens is 597 g/mol. The van der Waals surface area contributed by atoms with Crippen LogP contribution in [0.2, 0.25) is 0 Å². The maximum absolute atomic E-state index is 13.9. The van der Waals surface area contributed by atoms with Crippen LogP contribution in [-0.4, -0.2) is 26.4 Å². The molecule has 0 aliphatic carbocycles. The Morgan fingerprint density at radius 2 is 1.61 bits per heavy atom. The highest BCUT2D eigenvalue weighted by atomic mass is 32.2. The molecule has 0 spiro atoms. The van der Waals surface area contributed by atoms with Gasteiger partial charge in [0, 0.05) is 40.5 Å². The number of anilines is 1. The Bertz CT molecular complexity index is 1990. The molecule has 2 heterocycles. The van der Waals surface area contributed by atoms with Crippen molar-refractivity contribution in [3.63, 3.8) is 0 Å². The van der Waals surface area contributed by atoms with Gasteiger partial charge in [0.2, 0.25) is 0 Å². The summed E-state index contributed by atoms with van der Waals surface area (Å²) in [5, 5.41) is 15.5. The molecule has 0 bridgehead atoms. The molecule has 218 valence electrons. The summed E-state index contributed by atoms with van der Waals surface area (Å²) >= 11 is 6.83. The number of amides is 2. The van der Waals surface area contributed by atoms with E-state index in [9.17, 15) is 19.7 Å². The molecule has 1 aliphatic heterocycles. The van der Waals surface area contributed by atoms with E-state index in [1.54, 1.807) is 30.3 Å². The van der Waals surface area contributed by atoms with E-state index < -0.39 is 16.7 Å². The van der Waals surface area contributed by atoms with Gasteiger partial charge < -0.3 is 9.30 Å². The van der Waals surface area contributed by atoms with Gasteiger partial charge in [-0.1, -0.05) is 47.7 Å². The fraction of sp³-hybridized carbons (Fsp3) is 0.0606. The highest BCUT2D eigenvalue weighted by Gasteiger charge is 2.35. The summed E-state index contributed by atoms with van der Waals surface area (Å²) in [6, 6.07) is 28.5. The first-order chi connectivity index (χ1) is 21.2. The minimum Gasteiger partial charge on any atom is -0.457 e. The molecule has 1 saturated heterocycles. The predicted molar refractivity (Wildman–Crippen MR) is 174 cm³/mol. The van der Waals surface area contributed by atoms with E-state index in [0.29, 0.717) is 38.7 Å². The predicted octanol–water partition coefficient (Wildman–Crippen LogP) is 7.17. The Kier molecular flexibility index (Phi) is 7.73. The smallest absolute Gasteiger partial charge is 0.270 e. The summed E-state index contributed by atoms with van der Waals surface area (Å²) in [6.07, 6.45) is 1.49. The maximum Gasteiger partial charge on any atom is 0.270 e. The SMILES string of the molecule is Cc1ccc(Sc2c(C=C3C(=O)NC(=S)N(c4ccc(Oc5ccccc5)cc4)C3=O)c3cc([N+](=O)[O-])ccc3n2C)cc1. The second-order valence-corrected chi connectivity index (χ2v) is 11.5. The van der Waals surface area contributed by atoms with Crippen LogP contribution in [0.3, 0.4) is 0 Å². The van der Waals surface area contributed by atoms with Crippen LogP contribution in [0.1, 0.15) is 11.1 Å². The first kappa shape index (κ1) is 28.8. The summed E-state index contributed by atoms with van der Waals surface area (Å²) in [7, 11) is 1.84. The van der Waals surface area contributed by atoms with Crippen LogP contribution in [-0.2, 0) is 16.6 Å². The van der Waals surface area contributed by atoms with Gasteiger partial charge in [-0.15, -0.1) is 0 Å². The van der Waals surface area contributed by atoms with Crippen molar-refractivity contribution in [3.8, 4) is 11.5 Å². The van der Waals surface area contributed by atoms with Crippen molar-refractivity contribution in [2.45, 2.75) is 16.8 Å². The number of benzene rings is 4. The Hall–Kier alpha value is -5.26. The van der Waals surface area contributed by atoms with Gasteiger partial charge in [0.1, 0.15) is 17.1 Å². The fourth-order valence-electron chi connectivity index (χ4n) is 4.86. The molecule has 4 aromatic carbocycles. The van der Waals surface area contributed by atoms with Crippen LogP contribution >= 0.6 is 24.0 Å². The molecule has 9 nitrogen and oxygen atoms in total. The summed E-state index contributed by atoms with van der Waals surface area (Å²) in [5.74, 6) is -0.0552. The van der Waals surface area contributed by atoms with Gasteiger partial charge >= 0.3 is 0 Å². The van der Waals surface area contributed by atoms with E-state index in [-0.39, 0.29) is 16.4 Å². The van der Waals surface area contributed by atoms with Crippen molar-refractivity contribution in [3.05, 3.63) is 124 Å². The Morgan fingerprint density at radius 1 is 0.932 bits per heavy atom. The molecule has 2 amide bonds. The van der Waals surface area contributed by atoms with Crippen LogP contribution in [0.25, 0.3) is 17.0 Å². The highest BCUT2D eigenvalue weighted by molar-refractivity contribution is 7.99. The number of thiocarbonyl (C=S) groups is 1. The van der Waals surface area contributed by atoms with E-state index >= 15 is 0 Å². The van der Waals surface area contributed by atoms with Gasteiger partial charge in [-0.25, -0.2) is 0 Å². The van der Waals surface area contributed by atoms with E-state index in [2.05, 4.69) is 5.32 Å². The molecule has 5 aromatic rings. The zero-order chi connectivity index (χ0) is 31.0. The zero-order valence-corrected chi connectivity index (χ0v) is 25.1. The number of nitrogens with one attached hydrogen (secondary N) is 1. The first-order valence-corrected chi connectivity index (χ1v) is 14.7. The normalized spacial score (nSPS) is 14.3. The Morgan fingerprint density at radius 3 is 2.30 bits per heavy atom.